The van der Waals surface area contributed by atoms with Gasteiger partial charge in [0.25, 0.3) is 0 Å². The van der Waals surface area contributed by atoms with Crippen molar-refractivity contribution >= 4 is 5.69 Å². The topological polar surface area (TPSA) is 38.1 Å². The molecule has 0 radical (unpaired) electrons. The fourth-order valence-corrected chi connectivity index (χ4v) is 1.42. The van der Waals surface area contributed by atoms with E-state index in [2.05, 4.69) is 24.1 Å². The monoisotopic (exact) mass is 216 g/mol. The zero-order valence-electron chi connectivity index (χ0n) is 9.60. The highest BCUT2D eigenvalue weighted by molar-refractivity contribution is 5.58. The Morgan fingerprint density at radius 1 is 1.25 bits per heavy atom. The van der Waals surface area contributed by atoms with E-state index >= 15 is 0 Å². The molecular weight excluding hydrogens is 200 g/mol. The Morgan fingerprint density at radius 2 is 2.00 bits per heavy atom. The summed E-state index contributed by atoms with van der Waals surface area (Å²) >= 11 is 0. The first-order chi connectivity index (χ1) is 7.75. The maximum absolute atomic E-state index is 5.23. The minimum atomic E-state index is 0.645. The Hall–Kier alpha value is -1.77. The van der Waals surface area contributed by atoms with E-state index < -0.39 is 0 Å². The summed E-state index contributed by atoms with van der Waals surface area (Å²) in [6, 6.07) is 8.10. The summed E-state index contributed by atoms with van der Waals surface area (Å²) in [5.41, 5.74) is 2.13. The quantitative estimate of drug-likeness (QED) is 0.851. The normalized spacial score (nSPS) is 10.7. The summed E-state index contributed by atoms with van der Waals surface area (Å²) in [5, 5.41) is 3.37. The molecule has 0 aliphatic rings. The fraction of sp³-hybridized carbons (Fsp3) is 0.308. The van der Waals surface area contributed by atoms with Crippen molar-refractivity contribution < 1.29 is 4.42 Å². The minimum Gasteiger partial charge on any atom is -0.445 e. The molecule has 0 spiro atoms. The van der Waals surface area contributed by atoms with E-state index in [1.807, 2.05) is 24.3 Å². The lowest BCUT2D eigenvalue weighted by Crippen LogP contribution is -2.07. The molecule has 1 aromatic heterocycles. The molecule has 0 fully saturated rings. The standard InChI is InChI=1S/C13H16N2O/c1-10(2)9-15-12-5-3-11(4-6-12)13-14-7-8-16-13/h3-8,10,15H,9H2,1-2H3. The van der Waals surface area contributed by atoms with Crippen LogP contribution in [0, 0.1) is 5.92 Å². The van der Waals surface area contributed by atoms with Crippen LogP contribution in [0.5, 0.6) is 0 Å². The molecule has 16 heavy (non-hydrogen) atoms. The number of benzene rings is 1. The van der Waals surface area contributed by atoms with Crippen molar-refractivity contribution in [2.75, 3.05) is 11.9 Å². The van der Waals surface area contributed by atoms with Gasteiger partial charge in [-0.15, -0.1) is 0 Å². The molecule has 0 bridgehead atoms. The van der Waals surface area contributed by atoms with Gasteiger partial charge in [0.1, 0.15) is 6.26 Å². The van der Waals surface area contributed by atoms with Crippen LogP contribution in [0.25, 0.3) is 11.5 Å². The molecule has 3 heteroatoms. The van der Waals surface area contributed by atoms with Gasteiger partial charge in [0, 0.05) is 17.8 Å². The maximum Gasteiger partial charge on any atom is 0.225 e. The SMILES string of the molecule is CC(C)CNc1ccc(-c2ncco2)cc1. The van der Waals surface area contributed by atoms with Crippen molar-refractivity contribution in [1.29, 1.82) is 0 Å². The van der Waals surface area contributed by atoms with Gasteiger partial charge in [-0.1, -0.05) is 13.8 Å². The molecule has 0 atom stereocenters. The van der Waals surface area contributed by atoms with Gasteiger partial charge in [0.2, 0.25) is 5.89 Å². The molecule has 0 amide bonds. The van der Waals surface area contributed by atoms with Gasteiger partial charge >= 0.3 is 0 Å². The highest BCUT2D eigenvalue weighted by Crippen LogP contribution is 2.19. The van der Waals surface area contributed by atoms with Gasteiger partial charge < -0.3 is 9.73 Å². The second-order valence-corrected chi connectivity index (χ2v) is 4.19. The van der Waals surface area contributed by atoms with E-state index in [1.54, 1.807) is 12.5 Å². The summed E-state index contributed by atoms with van der Waals surface area (Å²) in [5.74, 6) is 1.31. The van der Waals surface area contributed by atoms with Gasteiger partial charge in [-0.25, -0.2) is 4.98 Å². The molecule has 3 nitrogen and oxygen atoms in total. The third kappa shape index (κ3) is 2.63. The Labute approximate surface area is 95.5 Å². The van der Waals surface area contributed by atoms with Crippen molar-refractivity contribution in [3.8, 4) is 11.5 Å². The number of hydrogen-bond acceptors (Lipinski definition) is 3. The molecule has 0 aliphatic carbocycles. The van der Waals surface area contributed by atoms with Crippen LogP contribution < -0.4 is 5.32 Å². The second-order valence-electron chi connectivity index (χ2n) is 4.19. The minimum absolute atomic E-state index is 0.645. The van der Waals surface area contributed by atoms with E-state index in [9.17, 15) is 0 Å². The number of anilines is 1. The highest BCUT2D eigenvalue weighted by atomic mass is 16.3. The van der Waals surface area contributed by atoms with Crippen molar-refractivity contribution in [3.63, 3.8) is 0 Å². The maximum atomic E-state index is 5.23. The summed E-state index contributed by atoms with van der Waals surface area (Å²) in [4.78, 5) is 4.10. The van der Waals surface area contributed by atoms with Crippen LogP contribution in [0.3, 0.4) is 0 Å². The van der Waals surface area contributed by atoms with Crippen LogP contribution in [0.2, 0.25) is 0 Å². The molecule has 0 unspecified atom stereocenters. The molecule has 1 N–H and O–H groups in total. The van der Waals surface area contributed by atoms with E-state index in [1.165, 1.54) is 0 Å². The van der Waals surface area contributed by atoms with Crippen molar-refractivity contribution in [2.45, 2.75) is 13.8 Å². The molecule has 1 heterocycles. The van der Waals surface area contributed by atoms with Crippen LogP contribution in [0.4, 0.5) is 5.69 Å². The Balaban J connectivity index is 2.05. The summed E-state index contributed by atoms with van der Waals surface area (Å²) < 4.78 is 5.23. The van der Waals surface area contributed by atoms with E-state index in [0.717, 1.165) is 17.8 Å². The van der Waals surface area contributed by atoms with Crippen molar-refractivity contribution in [2.24, 2.45) is 5.92 Å². The third-order valence-corrected chi connectivity index (χ3v) is 2.28. The van der Waals surface area contributed by atoms with Gasteiger partial charge in [0.05, 0.1) is 6.20 Å². The Kier molecular flexibility index (Phi) is 3.25. The molecule has 2 aromatic rings. The number of rotatable bonds is 4. The van der Waals surface area contributed by atoms with Crippen molar-refractivity contribution in [3.05, 3.63) is 36.7 Å². The zero-order chi connectivity index (χ0) is 11.4. The van der Waals surface area contributed by atoms with E-state index in [4.69, 9.17) is 4.42 Å². The average Bonchev–Trinajstić information content (AvgIpc) is 2.80. The largest absolute Gasteiger partial charge is 0.445 e. The van der Waals surface area contributed by atoms with Gasteiger partial charge in [0.15, 0.2) is 0 Å². The number of nitrogens with one attached hydrogen (secondary N) is 1. The van der Waals surface area contributed by atoms with E-state index in [0.29, 0.717) is 11.8 Å². The second kappa shape index (κ2) is 4.84. The third-order valence-electron chi connectivity index (χ3n) is 2.28. The summed E-state index contributed by atoms with van der Waals surface area (Å²) in [7, 11) is 0. The first-order valence-electron chi connectivity index (χ1n) is 5.49. The van der Waals surface area contributed by atoms with Gasteiger partial charge in [-0.3, -0.25) is 0 Å². The zero-order valence-corrected chi connectivity index (χ0v) is 9.60. The predicted octanol–water partition coefficient (Wildman–Crippen LogP) is 3.41. The lowest BCUT2D eigenvalue weighted by molar-refractivity contribution is 0.574. The van der Waals surface area contributed by atoms with Crippen LogP contribution in [0.15, 0.2) is 41.1 Å². The molecular formula is C13H16N2O. The predicted molar refractivity (Wildman–Crippen MR) is 65.3 cm³/mol. The lowest BCUT2D eigenvalue weighted by atomic mass is 10.2. The summed E-state index contributed by atoms with van der Waals surface area (Å²) in [6.07, 6.45) is 3.24. The molecule has 1 aromatic carbocycles. The van der Waals surface area contributed by atoms with E-state index in [-0.39, 0.29) is 0 Å². The highest BCUT2D eigenvalue weighted by Gasteiger charge is 2.01. The molecule has 0 saturated heterocycles. The number of aromatic nitrogens is 1. The summed E-state index contributed by atoms with van der Waals surface area (Å²) in [6.45, 7) is 5.36. The first kappa shape index (κ1) is 10.7. The number of hydrogen-bond donors (Lipinski definition) is 1. The van der Waals surface area contributed by atoms with Gasteiger partial charge in [-0.05, 0) is 30.2 Å². The smallest absolute Gasteiger partial charge is 0.225 e. The lowest BCUT2D eigenvalue weighted by Gasteiger charge is -2.08. The fourth-order valence-electron chi connectivity index (χ4n) is 1.42. The molecule has 2 rings (SSSR count). The number of oxazole rings is 1. The van der Waals surface area contributed by atoms with Crippen molar-refractivity contribution in [1.82, 2.24) is 4.98 Å². The van der Waals surface area contributed by atoms with Crippen LogP contribution >= 0.6 is 0 Å². The molecule has 0 saturated carbocycles. The van der Waals surface area contributed by atoms with Crippen LogP contribution in [0.1, 0.15) is 13.8 Å². The Morgan fingerprint density at radius 3 is 2.56 bits per heavy atom. The Bertz CT molecular complexity index is 418. The van der Waals surface area contributed by atoms with Crippen LogP contribution in [-0.4, -0.2) is 11.5 Å². The number of nitrogens with zero attached hydrogens (tertiary/aromatic N) is 1. The van der Waals surface area contributed by atoms with Gasteiger partial charge in [-0.2, -0.15) is 0 Å². The molecule has 84 valence electrons. The van der Waals surface area contributed by atoms with Crippen LogP contribution in [-0.2, 0) is 0 Å². The average molecular weight is 216 g/mol. The first-order valence-corrected chi connectivity index (χ1v) is 5.49. The molecule has 0 aliphatic heterocycles.